The molecule has 0 fully saturated rings. The van der Waals surface area contributed by atoms with E-state index >= 15 is 0 Å². The minimum atomic E-state index is -0.438. The summed E-state index contributed by atoms with van der Waals surface area (Å²) < 4.78 is 6.28. The van der Waals surface area contributed by atoms with Crippen molar-refractivity contribution in [2.45, 2.75) is 15.2 Å². The van der Waals surface area contributed by atoms with E-state index in [1.807, 2.05) is 66.4 Å². The van der Waals surface area contributed by atoms with Gasteiger partial charge in [0, 0.05) is 37.3 Å². The van der Waals surface area contributed by atoms with Crippen LogP contribution in [0, 0.1) is 0 Å². The minimum absolute atomic E-state index is 0.438. The Kier molecular flexibility index (Phi) is 7.04. The molecule has 3 heterocycles. The Bertz CT molecular complexity index is 3200. The lowest BCUT2D eigenvalue weighted by atomic mass is 9.67. The minimum Gasteiger partial charge on any atom is -0.456 e. The lowest BCUT2D eigenvalue weighted by molar-refractivity contribution is 0.669. The summed E-state index contributed by atoms with van der Waals surface area (Å²) in [6.45, 7) is 0. The smallest absolute Gasteiger partial charge is 0.164 e. The Balaban J connectivity index is 1.04. The molecular formula is C52H31N3OS. The standard InChI is InChI=1S/C52H31N3OS/c1-2-14-32(15-3-1)49-53-50(55-51(54-49)35-28-29-40-39-20-6-10-26-45(39)56-46(40)31-35)34-17-12-16-33(30-34)36-21-13-25-44-48(36)57-47-27-11-9-24-43(47)52(44)41-22-7-4-18-37(41)38-19-5-8-23-42(38)52/h1-31H. The van der Waals surface area contributed by atoms with E-state index in [1.165, 1.54) is 48.7 Å². The highest BCUT2D eigenvalue weighted by Crippen LogP contribution is 2.63. The van der Waals surface area contributed by atoms with Crippen LogP contribution in [0.25, 0.3) is 78.4 Å². The van der Waals surface area contributed by atoms with Gasteiger partial charge < -0.3 is 4.42 Å². The van der Waals surface area contributed by atoms with Gasteiger partial charge in [-0.1, -0.05) is 169 Å². The predicted molar refractivity (Wildman–Crippen MR) is 230 cm³/mol. The van der Waals surface area contributed by atoms with Gasteiger partial charge in [0.15, 0.2) is 17.5 Å². The molecular weight excluding hydrogens is 715 g/mol. The maximum absolute atomic E-state index is 6.28. The van der Waals surface area contributed by atoms with Crippen LogP contribution in [-0.2, 0) is 5.41 Å². The predicted octanol–water partition coefficient (Wildman–Crippen LogP) is 13.3. The number of hydrogen-bond donors (Lipinski definition) is 0. The first-order chi connectivity index (χ1) is 28.2. The Morgan fingerprint density at radius 1 is 0.368 bits per heavy atom. The molecule has 0 bridgehead atoms. The van der Waals surface area contributed by atoms with Gasteiger partial charge in [0.25, 0.3) is 0 Å². The molecule has 12 rings (SSSR count). The van der Waals surface area contributed by atoms with Crippen molar-refractivity contribution in [1.29, 1.82) is 0 Å². The molecule has 10 aromatic rings. The third-order valence-electron chi connectivity index (χ3n) is 11.6. The van der Waals surface area contributed by atoms with Crippen LogP contribution in [0.15, 0.2) is 202 Å². The Morgan fingerprint density at radius 3 is 1.70 bits per heavy atom. The zero-order valence-electron chi connectivity index (χ0n) is 30.6. The number of benzene rings is 8. The van der Waals surface area contributed by atoms with Crippen LogP contribution in [0.2, 0.25) is 0 Å². The van der Waals surface area contributed by atoms with Crippen molar-refractivity contribution in [2.75, 3.05) is 0 Å². The highest BCUT2D eigenvalue weighted by atomic mass is 32.2. The van der Waals surface area contributed by atoms with Crippen LogP contribution in [-0.4, -0.2) is 15.0 Å². The van der Waals surface area contributed by atoms with Crippen molar-refractivity contribution < 1.29 is 4.42 Å². The molecule has 5 heteroatoms. The second kappa shape index (κ2) is 12.5. The second-order valence-corrected chi connectivity index (χ2v) is 15.7. The molecule has 0 amide bonds. The quantitative estimate of drug-likeness (QED) is 0.180. The van der Waals surface area contributed by atoms with Gasteiger partial charge in [0.1, 0.15) is 11.2 Å². The van der Waals surface area contributed by atoms with Crippen LogP contribution in [0.3, 0.4) is 0 Å². The fraction of sp³-hybridized carbons (Fsp3) is 0.0192. The van der Waals surface area contributed by atoms with Crippen molar-refractivity contribution in [3.63, 3.8) is 0 Å². The number of fused-ring (bicyclic) bond motifs is 12. The van der Waals surface area contributed by atoms with Gasteiger partial charge in [-0.15, -0.1) is 0 Å². The molecule has 1 aliphatic carbocycles. The fourth-order valence-corrected chi connectivity index (χ4v) is 10.5. The molecule has 0 saturated carbocycles. The van der Waals surface area contributed by atoms with E-state index in [4.69, 9.17) is 19.4 Å². The second-order valence-electron chi connectivity index (χ2n) is 14.7. The van der Waals surface area contributed by atoms with E-state index in [0.29, 0.717) is 17.5 Å². The van der Waals surface area contributed by atoms with Crippen LogP contribution in [0.4, 0.5) is 0 Å². The molecule has 57 heavy (non-hydrogen) atoms. The Morgan fingerprint density at radius 2 is 0.912 bits per heavy atom. The topological polar surface area (TPSA) is 51.8 Å². The summed E-state index contributed by atoms with van der Waals surface area (Å²) in [5.74, 6) is 1.83. The molecule has 0 atom stereocenters. The summed E-state index contributed by atoms with van der Waals surface area (Å²) in [6, 6.07) is 66.8. The van der Waals surface area contributed by atoms with Gasteiger partial charge in [-0.05, 0) is 74.8 Å². The third kappa shape index (κ3) is 4.79. The monoisotopic (exact) mass is 745 g/mol. The molecule has 0 radical (unpaired) electrons. The molecule has 266 valence electrons. The summed E-state index contributed by atoms with van der Waals surface area (Å²) in [5, 5.41) is 2.16. The average Bonchev–Trinajstić information content (AvgIpc) is 3.80. The lowest BCUT2D eigenvalue weighted by Crippen LogP contribution is -2.32. The molecule has 4 nitrogen and oxygen atoms in total. The van der Waals surface area contributed by atoms with Crippen LogP contribution >= 0.6 is 11.8 Å². The molecule has 0 N–H and O–H groups in total. The van der Waals surface area contributed by atoms with Crippen LogP contribution in [0.1, 0.15) is 22.3 Å². The molecule has 0 saturated heterocycles. The maximum atomic E-state index is 6.28. The van der Waals surface area contributed by atoms with E-state index in [-0.39, 0.29) is 0 Å². The zero-order chi connectivity index (χ0) is 37.5. The third-order valence-corrected chi connectivity index (χ3v) is 12.8. The highest BCUT2D eigenvalue weighted by Gasteiger charge is 2.50. The number of para-hydroxylation sites is 1. The maximum Gasteiger partial charge on any atom is 0.164 e. The number of hydrogen-bond acceptors (Lipinski definition) is 5. The van der Waals surface area contributed by atoms with Gasteiger partial charge in [0.05, 0.1) is 5.41 Å². The molecule has 2 aliphatic rings. The van der Waals surface area contributed by atoms with Crippen molar-refractivity contribution >= 4 is 33.7 Å². The average molecular weight is 746 g/mol. The SMILES string of the molecule is c1ccc(-c2nc(-c3cccc(-c4cccc5c4Sc4ccccc4C54c5ccccc5-c5ccccc54)c3)nc(-c3ccc4c(c3)oc3ccccc34)n2)cc1. The summed E-state index contributed by atoms with van der Waals surface area (Å²) in [5.41, 5.74) is 14.1. The van der Waals surface area contributed by atoms with Gasteiger partial charge in [-0.2, -0.15) is 0 Å². The number of nitrogens with zero attached hydrogens (tertiary/aromatic N) is 3. The van der Waals surface area contributed by atoms with Crippen molar-refractivity contribution in [2.24, 2.45) is 0 Å². The van der Waals surface area contributed by atoms with Gasteiger partial charge in [-0.3, -0.25) is 0 Å². The van der Waals surface area contributed by atoms with E-state index < -0.39 is 5.41 Å². The molecule has 1 spiro atoms. The molecule has 2 aromatic heterocycles. The first kappa shape index (κ1) is 32.2. The van der Waals surface area contributed by atoms with Crippen molar-refractivity contribution in [3.05, 3.63) is 210 Å². The highest BCUT2D eigenvalue weighted by molar-refractivity contribution is 7.99. The van der Waals surface area contributed by atoms with Gasteiger partial charge in [0.2, 0.25) is 0 Å². The Labute approximate surface area is 333 Å². The molecule has 1 aliphatic heterocycles. The number of aromatic nitrogens is 3. The van der Waals surface area contributed by atoms with Crippen molar-refractivity contribution in [3.8, 4) is 56.4 Å². The van der Waals surface area contributed by atoms with E-state index in [9.17, 15) is 0 Å². The first-order valence-corrected chi connectivity index (χ1v) is 20.0. The van der Waals surface area contributed by atoms with Crippen LogP contribution < -0.4 is 0 Å². The van der Waals surface area contributed by atoms with E-state index in [1.54, 1.807) is 0 Å². The van der Waals surface area contributed by atoms with Crippen molar-refractivity contribution in [1.82, 2.24) is 15.0 Å². The summed E-state index contributed by atoms with van der Waals surface area (Å²) in [4.78, 5) is 17.8. The van der Waals surface area contributed by atoms with E-state index in [0.717, 1.165) is 44.2 Å². The first-order valence-electron chi connectivity index (χ1n) is 19.2. The Hall–Kier alpha value is -7.08. The summed E-state index contributed by atoms with van der Waals surface area (Å²) in [6.07, 6.45) is 0. The number of rotatable bonds is 4. The van der Waals surface area contributed by atoms with Gasteiger partial charge >= 0.3 is 0 Å². The van der Waals surface area contributed by atoms with Crippen LogP contribution in [0.5, 0.6) is 0 Å². The lowest BCUT2D eigenvalue weighted by Gasteiger charge is -2.40. The molecule has 0 unspecified atom stereocenters. The van der Waals surface area contributed by atoms with E-state index in [2.05, 4.69) is 133 Å². The fourth-order valence-electron chi connectivity index (χ4n) is 9.15. The largest absolute Gasteiger partial charge is 0.456 e. The normalized spacial score (nSPS) is 13.3. The summed E-state index contributed by atoms with van der Waals surface area (Å²) >= 11 is 1.87. The summed E-state index contributed by atoms with van der Waals surface area (Å²) in [7, 11) is 0. The zero-order valence-corrected chi connectivity index (χ0v) is 31.4. The van der Waals surface area contributed by atoms with Gasteiger partial charge in [-0.25, -0.2) is 15.0 Å². The number of furan rings is 1. The molecule has 8 aromatic carbocycles.